The minimum Gasteiger partial charge on any atom is -0.357 e. The van der Waals surface area contributed by atoms with Gasteiger partial charge in [0.15, 0.2) is 5.96 Å². The number of aliphatic imine (C=N–C) groups is 1. The lowest BCUT2D eigenvalue weighted by Crippen LogP contribution is -2.38. The maximum atomic E-state index is 12.6. The molecule has 1 heterocycles. The summed E-state index contributed by atoms with van der Waals surface area (Å²) in [7, 11) is 0. The molecular weight excluding hydrogens is 455 g/mol. The lowest BCUT2D eigenvalue weighted by molar-refractivity contribution is -0.140. The molecule has 1 aliphatic heterocycles. The van der Waals surface area contributed by atoms with Gasteiger partial charge in [0.25, 0.3) is 0 Å². The Morgan fingerprint density at radius 3 is 2.37 bits per heavy atom. The van der Waals surface area contributed by atoms with Gasteiger partial charge >= 0.3 is 0 Å². The molecule has 2 amide bonds. The van der Waals surface area contributed by atoms with Crippen LogP contribution in [-0.4, -0.2) is 48.9 Å². The third-order valence-electron chi connectivity index (χ3n) is 5.73. The Hall–Kier alpha value is -1.12. The number of likely N-dealkylation sites (tertiary alicyclic amines) is 1. The van der Waals surface area contributed by atoms with E-state index in [1.54, 1.807) is 0 Å². The van der Waals surface area contributed by atoms with Gasteiger partial charge in [0.05, 0.1) is 11.8 Å². The lowest BCUT2D eigenvalue weighted by Gasteiger charge is -2.17. The van der Waals surface area contributed by atoms with Crippen LogP contribution in [0.2, 0.25) is 0 Å². The summed E-state index contributed by atoms with van der Waals surface area (Å²) >= 11 is 0. The zero-order valence-corrected chi connectivity index (χ0v) is 18.9. The third kappa shape index (κ3) is 4.84. The summed E-state index contributed by atoms with van der Waals surface area (Å²) in [6.07, 6.45) is 7.06. The van der Waals surface area contributed by atoms with Gasteiger partial charge in [0, 0.05) is 26.2 Å². The minimum absolute atomic E-state index is 0. The van der Waals surface area contributed by atoms with Crippen LogP contribution in [0.5, 0.6) is 0 Å². The second kappa shape index (κ2) is 9.89. The van der Waals surface area contributed by atoms with Gasteiger partial charge in [-0.2, -0.15) is 0 Å². The second-order valence-electron chi connectivity index (χ2n) is 8.05. The van der Waals surface area contributed by atoms with Crippen molar-refractivity contribution < 1.29 is 9.59 Å². The highest BCUT2D eigenvalue weighted by Crippen LogP contribution is 2.52. The number of rotatable bonds is 8. The van der Waals surface area contributed by atoms with Gasteiger partial charge in [0.2, 0.25) is 11.8 Å². The Morgan fingerprint density at radius 2 is 1.81 bits per heavy atom. The number of imide groups is 1. The molecule has 152 valence electrons. The number of nitrogens with zero attached hydrogens (tertiary/aromatic N) is 2. The van der Waals surface area contributed by atoms with E-state index in [2.05, 4.69) is 41.6 Å². The molecule has 1 saturated carbocycles. The quantitative estimate of drug-likeness (QED) is 0.138. The highest BCUT2D eigenvalue weighted by molar-refractivity contribution is 14.0. The molecule has 4 atom stereocenters. The topological polar surface area (TPSA) is 73.8 Å². The second-order valence-corrected chi connectivity index (χ2v) is 8.05. The Bertz CT molecular complexity index is 575. The summed E-state index contributed by atoms with van der Waals surface area (Å²) in [4.78, 5) is 31.3. The van der Waals surface area contributed by atoms with E-state index in [1.807, 2.05) is 6.92 Å². The van der Waals surface area contributed by atoms with Crippen molar-refractivity contribution >= 4 is 41.8 Å². The molecule has 0 spiro atoms. The molecule has 2 N–H and O–H groups in total. The minimum atomic E-state index is -0.0870. The van der Waals surface area contributed by atoms with Crippen molar-refractivity contribution in [1.82, 2.24) is 15.5 Å². The van der Waals surface area contributed by atoms with Crippen LogP contribution in [0.15, 0.2) is 17.1 Å². The van der Waals surface area contributed by atoms with Gasteiger partial charge in [-0.15, -0.1) is 24.0 Å². The monoisotopic (exact) mass is 488 g/mol. The predicted molar refractivity (Wildman–Crippen MR) is 118 cm³/mol. The zero-order chi connectivity index (χ0) is 18.7. The van der Waals surface area contributed by atoms with Crippen LogP contribution in [-0.2, 0) is 9.59 Å². The summed E-state index contributed by atoms with van der Waals surface area (Å²) < 4.78 is 0. The molecule has 3 aliphatic rings. The number of hydrogen-bond donors (Lipinski definition) is 2. The van der Waals surface area contributed by atoms with Crippen molar-refractivity contribution in [1.29, 1.82) is 0 Å². The van der Waals surface area contributed by atoms with Crippen molar-refractivity contribution in [3.63, 3.8) is 0 Å². The average molecular weight is 488 g/mol. The fourth-order valence-electron chi connectivity index (χ4n) is 4.43. The Kier molecular flexibility index (Phi) is 8.12. The van der Waals surface area contributed by atoms with E-state index < -0.39 is 0 Å². The number of fused-ring (bicyclic) bond motifs is 5. The maximum Gasteiger partial charge on any atom is 0.233 e. The molecule has 0 aromatic heterocycles. The van der Waals surface area contributed by atoms with E-state index in [4.69, 9.17) is 0 Å². The van der Waals surface area contributed by atoms with Crippen LogP contribution in [0.25, 0.3) is 0 Å². The summed E-state index contributed by atoms with van der Waals surface area (Å²) in [5.41, 5.74) is 0. The van der Waals surface area contributed by atoms with Crippen molar-refractivity contribution in [2.24, 2.45) is 34.6 Å². The first-order valence-electron chi connectivity index (χ1n) is 10.1. The normalized spacial score (nSPS) is 28.7. The first-order chi connectivity index (χ1) is 12.5. The van der Waals surface area contributed by atoms with Crippen molar-refractivity contribution in [2.75, 3.05) is 26.2 Å². The van der Waals surface area contributed by atoms with E-state index in [9.17, 15) is 9.59 Å². The fraction of sp³-hybridized carbons (Fsp3) is 0.750. The highest BCUT2D eigenvalue weighted by atomic mass is 127. The molecule has 2 bridgehead atoms. The average Bonchev–Trinajstić information content (AvgIpc) is 3.27. The third-order valence-corrected chi connectivity index (χ3v) is 5.73. The van der Waals surface area contributed by atoms with Gasteiger partial charge in [-0.1, -0.05) is 26.0 Å². The predicted octanol–water partition coefficient (Wildman–Crippen LogP) is 2.40. The SMILES string of the molecule is CCNC(=NCCCN1C(=O)C2C3C=CC(C3)C2C1=O)NCCC(C)C.I. The van der Waals surface area contributed by atoms with Crippen molar-refractivity contribution in [3.05, 3.63) is 12.2 Å². The van der Waals surface area contributed by atoms with Gasteiger partial charge in [-0.25, -0.2) is 0 Å². The van der Waals surface area contributed by atoms with Gasteiger partial charge in [-0.05, 0) is 43.9 Å². The summed E-state index contributed by atoms with van der Waals surface area (Å²) in [5, 5.41) is 6.57. The summed E-state index contributed by atoms with van der Waals surface area (Å²) in [6.45, 7) is 9.25. The van der Waals surface area contributed by atoms with Crippen LogP contribution in [0, 0.1) is 29.6 Å². The van der Waals surface area contributed by atoms with E-state index in [0.717, 1.165) is 31.9 Å². The number of allylic oxidation sites excluding steroid dienone is 2. The molecule has 7 heteroatoms. The van der Waals surface area contributed by atoms with Gasteiger partial charge in [0.1, 0.15) is 0 Å². The Balaban J connectivity index is 0.00000261. The molecule has 0 aromatic carbocycles. The zero-order valence-electron chi connectivity index (χ0n) is 16.6. The van der Waals surface area contributed by atoms with Crippen LogP contribution in [0.3, 0.4) is 0 Å². The van der Waals surface area contributed by atoms with Crippen LogP contribution in [0.1, 0.15) is 40.0 Å². The number of halogens is 1. The number of hydrogen-bond acceptors (Lipinski definition) is 3. The lowest BCUT2D eigenvalue weighted by atomic mass is 9.85. The number of nitrogens with one attached hydrogen (secondary N) is 2. The molecule has 0 radical (unpaired) electrons. The molecule has 4 unspecified atom stereocenters. The summed E-state index contributed by atoms with van der Waals surface area (Å²) in [5.74, 6) is 1.95. The van der Waals surface area contributed by atoms with Crippen LogP contribution < -0.4 is 10.6 Å². The smallest absolute Gasteiger partial charge is 0.233 e. The van der Waals surface area contributed by atoms with Crippen LogP contribution in [0.4, 0.5) is 0 Å². The van der Waals surface area contributed by atoms with E-state index in [-0.39, 0.29) is 59.5 Å². The standard InChI is InChI=1S/C20H32N4O2.HI/c1-4-21-20(23-10-8-13(2)3)22-9-5-11-24-18(25)16-14-6-7-15(12-14)17(16)19(24)26;/h6-7,13-17H,4-5,8-12H2,1-3H3,(H2,21,22,23);1H. The number of carbonyl (C=O) groups is 2. The highest BCUT2D eigenvalue weighted by Gasteiger charge is 2.58. The first kappa shape index (κ1) is 22.2. The van der Waals surface area contributed by atoms with Crippen molar-refractivity contribution in [2.45, 2.75) is 40.0 Å². The molecular formula is C20H33IN4O2. The number of carbonyl (C=O) groups excluding carboxylic acids is 2. The largest absolute Gasteiger partial charge is 0.357 e. The summed E-state index contributed by atoms with van der Waals surface area (Å²) in [6, 6.07) is 0. The van der Waals surface area contributed by atoms with E-state index in [1.165, 1.54) is 4.90 Å². The van der Waals surface area contributed by atoms with Gasteiger partial charge < -0.3 is 10.6 Å². The molecule has 27 heavy (non-hydrogen) atoms. The molecule has 1 saturated heterocycles. The Morgan fingerprint density at radius 1 is 1.19 bits per heavy atom. The maximum absolute atomic E-state index is 12.6. The molecule has 2 aliphatic carbocycles. The van der Waals surface area contributed by atoms with E-state index in [0.29, 0.717) is 25.4 Å². The molecule has 2 fully saturated rings. The van der Waals surface area contributed by atoms with Gasteiger partial charge in [-0.3, -0.25) is 19.5 Å². The van der Waals surface area contributed by atoms with Crippen molar-refractivity contribution in [3.8, 4) is 0 Å². The fourth-order valence-corrected chi connectivity index (χ4v) is 4.43. The molecule has 3 rings (SSSR count). The van der Waals surface area contributed by atoms with E-state index >= 15 is 0 Å². The molecule has 6 nitrogen and oxygen atoms in total. The van der Waals surface area contributed by atoms with Crippen LogP contribution >= 0.6 is 24.0 Å². The number of guanidine groups is 1. The molecule has 0 aromatic rings. The first-order valence-corrected chi connectivity index (χ1v) is 10.1. The Labute approximate surface area is 179 Å². The number of amides is 2.